The summed E-state index contributed by atoms with van der Waals surface area (Å²) >= 11 is 0. The predicted molar refractivity (Wildman–Crippen MR) is 168 cm³/mol. The van der Waals surface area contributed by atoms with Crippen LogP contribution in [0.3, 0.4) is 0 Å². The molecule has 2 amide bonds. The van der Waals surface area contributed by atoms with E-state index in [9.17, 15) is 14.7 Å². The number of rotatable bonds is 11. The zero-order valence-corrected chi connectivity index (χ0v) is 26.3. The summed E-state index contributed by atoms with van der Waals surface area (Å²) in [5.41, 5.74) is 1.31. The Kier molecular flexibility index (Phi) is 11.6. The molecule has 1 saturated carbocycles. The Bertz CT molecular complexity index is 1230. The van der Waals surface area contributed by atoms with Gasteiger partial charge in [0.25, 0.3) is 0 Å². The molecule has 1 aliphatic heterocycles. The van der Waals surface area contributed by atoms with Gasteiger partial charge in [0, 0.05) is 37.5 Å². The Labute approximate surface area is 256 Å². The van der Waals surface area contributed by atoms with Gasteiger partial charge >= 0.3 is 6.09 Å². The zero-order chi connectivity index (χ0) is 31.0. The monoisotopic (exact) mass is 595 g/mol. The fraction of sp³-hybridized carbons (Fsp3) is 0.600. The molecule has 0 aromatic heterocycles. The van der Waals surface area contributed by atoms with Gasteiger partial charge in [0.15, 0.2) is 0 Å². The minimum Gasteiger partial charge on any atom is -0.450 e. The molecule has 4 rings (SSSR count). The number of nitrogens with zero attached hydrogens (tertiary/aromatic N) is 1. The number of aliphatic hydroxyl groups is 1. The molecule has 2 aromatic carbocycles. The van der Waals surface area contributed by atoms with Crippen LogP contribution in [0.4, 0.5) is 9.18 Å². The molecule has 1 heterocycles. The molecular weight excluding hydrogens is 545 g/mol. The van der Waals surface area contributed by atoms with E-state index in [0.717, 1.165) is 49.8 Å². The van der Waals surface area contributed by atoms with Crippen molar-refractivity contribution in [1.29, 1.82) is 0 Å². The van der Waals surface area contributed by atoms with E-state index in [4.69, 9.17) is 4.74 Å². The van der Waals surface area contributed by atoms with Crippen LogP contribution in [-0.2, 0) is 15.1 Å². The van der Waals surface area contributed by atoms with Crippen molar-refractivity contribution >= 4 is 12.0 Å². The van der Waals surface area contributed by atoms with Crippen LogP contribution in [0.1, 0.15) is 82.3 Å². The Balaban J connectivity index is 1.64. The molecule has 43 heavy (non-hydrogen) atoms. The van der Waals surface area contributed by atoms with Gasteiger partial charge in [0.1, 0.15) is 5.82 Å². The highest BCUT2D eigenvalue weighted by Crippen LogP contribution is 2.45. The van der Waals surface area contributed by atoms with Crippen molar-refractivity contribution in [3.05, 3.63) is 59.4 Å². The molecule has 0 unspecified atom stereocenters. The summed E-state index contributed by atoms with van der Waals surface area (Å²) in [5.74, 6) is 0.402. The van der Waals surface area contributed by atoms with Crippen molar-refractivity contribution < 1.29 is 23.8 Å². The lowest BCUT2D eigenvalue weighted by atomic mass is 9.71. The van der Waals surface area contributed by atoms with Gasteiger partial charge in [-0.05, 0) is 99.6 Å². The number of carbonyl (C=O) groups is 2. The van der Waals surface area contributed by atoms with Gasteiger partial charge in [-0.1, -0.05) is 50.2 Å². The number of halogens is 1. The van der Waals surface area contributed by atoms with Crippen LogP contribution in [0, 0.1) is 23.6 Å². The summed E-state index contributed by atoms with van der Waals surface area (Å²) in [7, 11) is 3.48. The van der Waals surface area contributed by atoms with Gasteiger partial charge in [-0.2, -0.15) is 0 Å². The Morgan fingerprint density at radius 3 is 2.53 bits per heavy atom. The van der Waals surface area contributed by atoms with E-state index < -0.39 is 11.7 Å². The second-order valence-electron chi connectivity index (χ2n) is 12.8. The van der Waals surface area contributed by atoms with Gasteiger partial charge < -0.3 is 25.4 Å². The number of likely N-dealkylation sites (tertiary alicyclic amines) is 1. The van der Waals surface area contributed by atoms with Crippen LogP contribution in [0.5, 0.6) is 0 Å². The van der Waals surface area contributed by atoms with Crippen molar-refractivity contribution in [3.63, 3.8) is 0 Å². The molecule has 0 bridgehead atoms. The molecule has 2 aromatic rings. The number of amides is 2. The number of benzene rings is 2. The summed E-state index contributed by atoms with van der Waals surface area (Å²) in [4.78, 5) is 27.4. The second kappa shape index (κ2) is 15.2. The number of nitrogens with one attached hydrogen (secondary N) is 2. The first-order valence-corrected chi connectivity index (χ1v) is 16.1. The average molecular weight is 596 g/mol. The van der Waals surface area contributed by atoms with E-state index in [1.807, 2.05) is 42.3 Å². The fourth-order valence-electron chi connectivity index (χ4n) is 7.10. The summed E-state index contributed by atoms with van der Waals surface area (Å²) < 4.78 is 21.0. The highest BCUT2D eigenvalue weighted by molar-refractivity contribution is 5.79. The molecule has 3 N–H and O–H groups in total. The first-order valence-electron chi connectivity index (χ1n) is 16.1. The molecule has 1 aliphatic carbocycles. The maximum absolute atomic E-state index is 15.8. The molecule has 236 valence electrons. The average Bonchev–Trinajstić information content (AvgIpc) is 3.03. The third-order valence-electron chi connectivity index (χ3n) is 9.56. The van der Waals surface area contributed by atoms with Gasteiger partial charge in [0.05, 0.1) is 12.2 Å². The van der Waals surface area contributed by atoms with Crippen LogP contribution in [0.15, 0.2) is 42.5 Å². The lowest BCUT2D eigenvalue weighted by Gasteiger charge is -2.44. The van der Waals surface area contributed by atoms with E-state index >= 15 is 4.39 Å². The maximum Gasteiger partial charge on any atom is 0.406 e. The maximum atomic E-state index is 15.8. The number of hydrogen-bond donors (Lipinski definition) is 3. The molecule has 0 radical (unpaired) electrons. The van der Waals surface area contributed by atoms with Crippen molar-refractivity contribution in [1.82, 2.24) is 15.5 Å². The lowest BCUT2D eigenvalue weighted by Crippen LogP contribution is -2.50. The van der Waals surface area contributed by atoms with E-state index in [1.165, 1.54) is 13.1 Å². The minimum absolute atomic E-state index is 0.0180. The number of ether oxygens (including phenoxy) is 1. The minimum atomic E-state index is -1.43. The molecule has 2 fully saturated rings. The van der Waals surface area contributed by atoms with E-state index in [2.05, 4.69) is 24.5 Å². The predicted octanol–water partition coefficient (Wildman–Crippen LogP) is 6.20. The summed E-state index contributed by atoms with van der Waals surface area (Å²) in [6, 6.07) is 12.8. The smallest absolute Gasteiger partial charge is 0.406 e. The topological polar surface area (TPSA) is 90.9 Å². The first-order chi connectivity index (χ1) is 20.7. The Morgan fingerprint density at radius 2 is 1.84 bits per heavy atom. The Hall–Kier alpha value is -2.97. The normalized spacial score (nSPS) is 22.2. The second-order valence-corrected chi connectivity index (χ2v) is 12.8. The molecule has 7 nitrogen and oxygen atoms in total. The molecular formula is C35H50FN3O4. The third kappa shape index (κ3) is 7.95. The number of alkyl carbamates (subject to hydrolysis) is 1. The van der Waals surface area contributed by atoms with Crippen molar-refractivity contribution in [2.24, 2.45) is 17.8 Å². The van der Waals surface area contributed by atoms with E-state index in [0.29, 0.717) is 43.0 Å². The lowest BCUT2D eigenvalue weighted by molar-refractivity contribution is -0.142. The van der Waals surface area contributed by atoms with Gasteiger partial charge in [-0.25, -0.2) is 9.18 Å². The van der Waals surface area contributed by atoms with Crippen LogP contribution >= 0.6 is 0 Å². The molecule has 0 spiro atoms. The highest BCUT2D eigenvalue weighted by atomic mass is 19.1. The van der Waals surface area contributed by atoms with Crippen molar-refractivity contribution in [2.45, 2.75) is 76.7 Å². The van der Waals surface area contributed by atoms with Crippen LogP contribution in [-0.4, -0.2) is 62.3 Å². The number of carbonyl (C=O) groups excluding carboxylic acids is 2. The fourth-order valence-corrected chi connectivity index (χ4v) is 7.10. The van der Waals surface area contributed by atoms with Crippen molar-refractivity contribution in [3.8, 4) is 11.1 Å². The summed E-state index contributed by atoms with van der Waals surface area (Å²) in [6.07, 6.45) is 5.51. The largest absolute Gasteiger partial charge is 0.450 e. The van der Waals surface area contributed by atoms with E-state index in [1.54, 1.807) is 6.07 Å². The Morgan fingerprint density at radius 1 is 1.09 bits per heavy atom. The molecule has 8 heteroatoms. The van der Waals surface area contributed by atoms with Gasteiger partial charge in [-0.3, -0.25) is 4.79 Å². The van der Waals surface area contributed by atoms with E-state index in [-0.39, 0.29) is 42.5 Å². The first kappa shape index (κ1) is 32.9. The van der Waals surface area contributed by atoms with Crippen LogP contribution in [0.2, 0.25) is 0 Å². The highest BCUT2D eigenvalue weighted by Gasteiger charge is 2.44. The van der Waals surface area contributed by atoms with Crippen molar-refractivity contribution in [2.75, 3.05) is 40.3 Å². The molecule has 2 atom stereocenters. The zero-order valence-electron chi connectivity index (χ0n) is 26.3. The van der Waals surface area contributed by atoms with Gasteiger partial charge in [0.2, 0.25) is 5.91 Å². The molecule has 2 aliphatic rings. The van der Waals surface area contributed by atoms with Crippen LogP contribution in [0.25, 0.3) is 11.1 Å². The SMILES string of the molecule is CNCC1CCC(C(=O)N2CCC[C@@H]([C@@](O)(CCCOC(=O)NC)c3cccc(F)c3-c3cccc(C(C)C)c3)C2)CC1. The quantitative estimate of drug-likeness (QED) is 0.269. The summed E-state index contributed by atoms with van der Waals surface area (Å²) in [5, 5.41) is 18.4. The third-order valence-corrected chi connectivity index (χ3v) is 9.56. The van der Waals surface area contributed by atoms with Crippen LogP contribution < -0.4 is 10.6 Å². The number of piperidine rings is 1. The standard InChI is InChI=1S/C35H50FN3O4/c1-24(2)27-9-5-10-28(21-27)32-30(12-6-13-31(32)36)35(42,18-8-20-43-34(41)38-4)29-11-7-19-39(23-29)33(40)26-16-14-25(15-17-26)22-37-3/h5-6,9-10,12-13,21,24-26,29,37,42H,7-8,11,14-20,22-23H2,1-4H3,(H,38,41)/t25?,26?,29-,35+/m1/s1. The number of hydrogen-bond acceptors (Lipinski definition) is 5. The summed E-state index contributed by atoms with van der Waals surface area (Å²) in [6.45, 7) is 6.41. The molecule has 1 saturated heterocycles. The van der Waals surface area contributed by atoms with Gasteiger partial charge in [-0.15, -0.1) is 0 Å².